The van der Waals surface area contributed by atoms with Crippen LogP contribution in [-0.4, -0.2) is 11.1 Å². The molecule has 0 saturated heterocycles. The molecule has 0 fully saturated rings. The summed E-state index contributed by atoms with van der Waals surface area (Å²) in [6.45, 7) is 3.88. The van der Waals surface area contributed by atoms with Crippen LogP contribution in [0.25, 0.3) is 11.3 Å². The van der Waals surface area contributed by atoms with Crippen molar-refractivity contribution >= 4 is 5.97 Å². The summed E-state index contributed by atoms with van der Waals surface area (Å²) in [4.78, 5) is 10.7. The van der Waals surface area contributed by atoms with E-state index in [1.807, 2.05) is 50.2 Å². The van der Waals surface area contributed by atoms with Gasteiger partial charge in [-0.15, -0.1) is 0 Å². The highest BCUT2D eigenvalue weighted by Gasteiger charge is 2.15. The van der Waals surface area contributed by atoms with E-state index in [0.29, 0.717) is 0 Å². The van der Waals surface area contributed by atoms with Gasteiger partial charge in [-0.25, -0.2) is 0 Å². The van der Waals surface area contributed by atoms with Crippen molar-refractivity contribution in [3.63, 3.8) is 0 Å². The molecule has 0 aliphatic rings. The van der Waals surface area contributed by atoms with E-state index in [4.69, 9.17) is 9.52 Å². The molecule has 3 nitrogen and oxygen atoms in total. The number of carbonyl (C=O) groups is 1. The number of benzene rings is 1. The van der Waals surface area contributed by atoms with Crippen molar-refractivity contribution < 1.29 is 14.3 Å². The molecule has 3 heteroatoms. The van der Waals surface area contributed by atoms with Crippen LogP contribution in [0.3, 0.4) is 0 Å². The third-order valence-electron chi connectivity index (χ3n) is 3.00. The summed E-state index contributed by atoms with van der Waals surface area (Å²) in [6.07, 6.45) is 0.0841. The summed E-state index contributed by atoms with van der Waals surface area (Å²) in [5.74, 6) is 0.590. The first kappa shape index (κ1) is 12.4. The number of rotatable bonds is 4. The van der Waals surface area contributed by atoms with Crippen molar-refractivity contribution in [2.24, 2.45) is 0 Å². The number of hydrogen-bond acceptors (Lipinski definition) is 2. The maximum absolute atomic E-state index is 10.7. The molecule has 1 atom stereocenters. The molecule has 1 N–H and O–H groups in total. The molecule has 0 spiro atoms. The topological polar surface area (TPSA) is 50.4 Å². The first-order valence-electron chi connectivity index (χ1n) is 5.95. The lowest BCUT2D eigenvalue weighted by atomic mass is 10.1. The van der Waals surface area contributed by atoms with E-state index in [1.165, 1.54) is 0 Å². The van der Waals surface area contributed by atoms with Gasteiger partial charge in [0.15, 0.2) is 0 Å². The minimum Gasteiger partial charge on any atom is -0.481 e. The highest BCUT2D eigenvalue weighted by molar-refractivity contribution is 5.68. The number of carboxylic acids is 1. The maximum atomic E-state index is 10.7. The van der Waals surface area contributed by atoms with Crippen LogP contribution in [0.4, 0.5) is 0 Å². The number of furan rings is 1. The van der Waals surface area contributed by atoms with Gasteiger partial charge < -0.3 is 9.52 Å². The third-order valence-corrected chi connectivity index (χ3v) is 3.00. The molecule has 0 radical (unpaired) electrons. The zero-order valence-electron chi connectivity index (χ0n) is 10.5. The van der Waals surface area contributed by atoms with Crippen molar-refractivity contribution in [1.82, 2.24) is 0 Å². The Balaban J connectivity index is 2.26. The Hall–Kier alpha value is -2.03. The zero-order chi connectivity index (χ0) is 13.1. The summed E-state index contributed by atoms with van der Waals surface area (Å²) in [6, 6.07) is 11.7. The lowest BCUT2D eigenvalue weighted by Gasteiger charge is -2.05. The van der Waals surface area contributed by atoms with Crippen LogP contribution in [0.15, 0.2) is 40.8 Å². The summed E-state index contributed by atoms with van der Waals surface area (Å²) in [7, 11) is 0. The number of hydrogen-bond donors (Lipinski definition) is 1. The van der Waals surface area contributed by atoms with Gasteiger partial charge in [-0.2, -0.15) is 0 Å². The van der Waals surface area contributed by atoms with E-state index in [-0.39, 0.29) is 12.3 Å². The van der Waals surface area contributed by atoms with Crippen LogP contribution in [0.2, 0.25) is 0 Å². The second kappa shape index (κ2) is 5.08. The lowest BCUT2D eigenvalue weighted by molar-refractivity contribution is -0.137. The van der Waals surface area contributed by atoms with Crippen LogP contribution < -0.4 is 0 Å². The van der Waals surface area contributed by atoms with E-state index in [1.54, 1.807) is 0 Å². The minimum absolute atomic E-state index is 0.0841. The van der Waals surface area contributed by atoms with E-state index >= 15 is 0 Å². The Bertz CT molecular complexity index is 554. The SMILES string of the molecule is Cc1ccccc1-c1ccc(C(C)CC(=O)O)o1. The van der Waals surface area contributed by atoms with Gasteiger partial charge in [-0.3, -0.25) is 4.79 Å². The molecular formula is C15H16O3. The average Bonchev–Trinajstić information content (AvgIpc) is 2.78. The molecule has 0 aliphatic heterocycles. The van der Waals surface area contributed by atoms with E-state index in [2.05, 4.69) is 0 Å². The molecule has 0 aliphatic carbocycles. The van der Waals surface area contributed by atoms with E-state index in [9.17, 15) is 4.79 Å². The van der Waals surface area contributed by atoms with Gasteiger partial charge in [0, 0.05) is 11.5 Å². The standard InChI is InChI=1S/C15H16O3/c1-10-5-3-4-6-12(10)14-8-7-13(18-14)11(2)9-15(16)17/h3-8,11H,9H2,1-2H3,(H,16,17). The Kier molecular flexibility index (Phi) is 3.51. The third kappa shape index (κ3) is 2.62. The second-order valence-corrected chi connectivity index (χ2v) is 4.52. The first-order valence-corrected chi connectivity index (χ1v) is 5.95. The first-order chi connectivity index (χ1) is 8.58. The van der Waals surface area contributed by atoms with Crippen molar-refractivity contribution in [1.29, 1.82) is 0 Å². The van der Waals surface area contributed by atoms with Gasteiger partial charge in [0.2, 0.25) is 0 Å². The van der Waals surface area contributed by atoms with Crippen LogP contribution in [0, 0.1) is 6.92 Å². The number of carboxylic acid groups (broad SMARTS) is 1. The molecular weight excluding hydrogens is 228 g/mol. The second-order valence-electron chi connectivity index (χ2n) is 4.52. The summed E-state index contributed by atoms with van der Waals surface area (Å²) >= 11 is 0. The molecule has 1 aromatic heterocycles. The van der Waals surface area contributed by atoms with Crippen molar-refractivity contribution in [3.8, 4) is 11.3 Å². The molecule has 0 bridgehead atoms. The molecule has 18 heavy (non-hydrogen) atoms. The predicted octanol–water partition coefficient (Wildman–Crippen LogP) is 3.83. The van der Waals surface area contributed by atoms with Gasteiger partial charge in [-0.1, -0.05) is 31.2 Å². The normalized spacial score (nSPS) is 12.3. The number of aryl methyl sites for hydroxylation is 1. The van der Waals surface area contributed by atoms with Gasteiger partial charge in [-0.05, 0) is 24.6 Å². The van der Waals surface area contributed by atoms with Crippen molar-refractivity contribution in [2.75, 3.05) is 0 Å². The maximum Gasteiger partial charge on any atom is 0.304 e. The number of aliphatic carboxylic acids is 1. The summed E-state index contributed by atoms with van der Waals surface area (Å²) in [5, 5.41) is 8.77. The van der Waals surface area contributed by atoms with Crippen LogP contribution in [0.1, 0.15) is 30.6 Å². The molecule has 0 saturated carbocycles. The fraction of sp³-hybridized carbons (Fsp3) is 0.267. The molecule has 1 heterocycles. The van der Waals surface area contributed by atoms with Crippen LogP contribution in [-0.2, 0) is 4.79 Å². The quantitative estimate of drug-likeness (QED) is 0.889. The van der Waals surface area contributed by atoms with Gasteiger partial charge in [0.05, 0.1) is 6.42 Å². The molecule has 2 rings (SSSR count). The molecule has 0 amide bonds. The van der Waals surface area contributed by atoms with E-state index < -0.39 is 5.97 Å². The van der Waals surface area contributed by atoms with Crippen molar-refractivity contribution in [2.45, 2.75) is 26.2 Å². The summed E-state index contributed by atoms with van der Waals surface area (Å²) < 4.78 is 5.75. The predicted molar refractivity (Wildman–Crippen MR) is 69.5 cm³/mol. The largest absolute Gasteiger partial charge is 0.481 e. The fourth-order valence-electron chi connectivity index (χ4n) is 1.97. The Labute approximate surface area is 106 Å². The summed E-state index contributed by atoms with van der Waals surface area (Å²) in [5.41, 5.74) is 2.19. The molecule has 94 valence electrons. The van der Waals surface area contributed by atoms with Gasteiger partial charge in [0.25, 0.3) is 0 Å². The smallest absolute Gasteiger partial charge is 0.304 e. The Morgan fingerprint density at radius 1 is 1.28 bits per heavy atom. The van der Waals surface area contributed by atoms with Gasteiger partial charge >= 0.3 is 5.97 Å². The highest BCUT2D eigenvalue weighted by atomic mass is 16.4. The average molecular weight is 244 g/mol. The lowest BCUT2D eigenvalue weighted by Crippen LogP contribution is -2.01. The Morgan fingerprint density at radius 2 is 2.00 bits per heavy atom. The molecule has 2 aromatic rings. The fourth-order valence-corrected chi connectivity index (χ4v) is 1.97. The zero-order valence-corrected chi connectivity index (χ0v) is 10.5. The van der Waals surface area contributed by atoms with Crippen LogP contribution in [0.5, 0.6) is 0 Å². The van der Waals surface area contributed by atoms with E-state index in [0.717, 1.165) is 22.6 Å². The molecule has 1 unspecified atom stereocenters. The van der Waals surface area contributed by atoms with Crippen molar-refractivity contribution in [3.05, 3.63) is 47.7 Å². The minimum atomic E-state index is -0.809. The highest BCUT2D eigenvalue weighted by Crippen LogP contribution is 2.29. The van der Waals surface area contributed by atoms with Gasteiger partial charge in [0.1, 0.15) is 11.5 Å². The van der Waals surface area contributed by atoms with Crippen LogP contribution >= 0.6 is 0 Å². The monoisotopic (exact) mass is 244 g/mol. The molecule has 1 aromatic carbocycles. The Morgan fingerprint density at radius 3 is 2.67 bits per heavy atom.